The van der Waals surface area contributed by atoms with E-state index in [1.165, 1.54) is 6.33 Å². The number of fused-ring (bicyclic) bond motifs is 1. The summed E-state index contributed by atoms with van der Waals surface area (Å²) < 4.78 is 24.3. The van der Waals surface area contributed by atoms with E-state index in [9.17, 15) is 13.2 Å². The molecule has 2 atom stereocenters. The lowest BCUT2D eigenvalue weighted by atomic mass is 10.0. The number of aromatic nitrogens is 2. The van der Waals surface area contributed by atoms with Crippen LogP contribution in [0.3, 0.4) is 0 Å². The van der Waals surface area contributed by atoms with Gasteiger partial charge in [-0.3, -0.25) is 9.69 Å². The van der Waals surface area contributed by atoms with Crippen LogP contribution in [-0.4, -0.2) is 77.3 Å². The number of nitrogens with zero attached hydrogens (tertiary/aromatic N) is 3. The average molecular weight is 340 g/mol. The average Bonchev–Trinajstić information content (AvgIpc) is 3.00. The molecule has 0 aliphatic carbocycles. The number of hydrogen-bond acceptors (Lipinski definition) is 5. The zero-order chi connectivity index (χ0) is 16.8. The van der Waals surface area contributed by atoms with Gasteiger partial charge in [-0.05, 0) is 12.8 Å². The third-order valence-electron chi connectivity index (χ3n) is 4.68. The fourth-order valence-electron chi connectivity index (χ4n) is 3.68. The Morgan fingerprint density at radius 2 is 2.04 bits per heavy atom. The summed E-state index contributed by atoms with van der Waals surface area (Å²) in [6, 6.07) is -0.365. The van der Waals surface area contributed by atoms with Gasteiger partial charge in [0, 0.05) is 31.4 Å². The standard InChI is InChI=1S/C15H24N4O3S/c1-10(2)6-18-4-5-19(13-8-23(21,22)7-12(13)18)15(20)14-11(3)16-9-17-14/h9-10,12-13H,4-8H2,1-3H3,(H,16,17)/t12-,13+/m1/s1. The largest absolute Gasteiger partial charge is 0.348 e. The monoisotopic (exact) mass is 340 g/mol. The Bertz CT molecular complexity index is 697. The number of H-pyrrole nitrogens is 1. The molecule has 8 heteroatoms. The van der Waals surface area contributed by atoms with Crippen molar-refractivity contribution in [2.75, 3.05) is 31.1 Å². The maximum absolute atomic E-state index is 12.8. The summed E-state index contributed by atoms with van der Waals surface area (Å²) in [5.74, 6) is 0.504. The van der Waals surface area contributed by atoms with Gasteiger partial charge in [0.25, 0.3) is 5.91 Å². The number of rotatable bonds is 3. The van der Waals surface area contributed by atoms with Gasteiger partial charge in [-0.1, -0.05) is 13.8 Å². The predicted molar refractivity (Wildman–Crippen MR) is 87.0 cm³/mol. The molecule has 0 bridgehead atoms. The Morgan fingerprint density at radius 3 is 2.65 bits per heavy atom. The maximum Gasteiger partial charge on any atom is 0.274 e. The van der Waals surface area contributed by atoms with Crippen molar-refractivity contribution in [1.29, 1.82) is 0 Å². The van der Waals surface area contributed by atoms with E-state index >= 15 is 0 Å². The van der Waals surface area contributed by atoms with E-state index in [-0.39, 0.29) is 29.5 Å². The third-order valence-corrected chi connectivity index (χ3v) is 6.38. The van der Waals surface area contributed by atoms with Crippen LogP contribution in [0.15, 0.2) is 6.33 Å². The molecule has 2 aliphatic heterocycles. The van der Waals surface area contributed by atoms with Crippen LogP contribution in [0.2, 0.25) is 0 Å². The quantitative estimate of drug-likeness (QED) is 0.855. The summed E-state index contributed by atoms with van der Waals surface area (Å²) in [4.78, 5) is 23.8. The van der Waals surface area contributed by atoms with E-state index in [0.29, 0.717) is 24.7 Å². The number of sulfone groups is 1. The lowest BCUT2D eigenvalue weighted by Crippen LogP contribution is -2.61. The van der Waals surface area contributed by atoms with Gasteiger partial charge in [-0.25, -0.2) is 13.4 Å². The van der Waals surface area contributed by atoms with Gasteiger partial charge in [-0.15, -0.1) is 0 Å². The van der Waals surface area contributed by atoms with E-state index in [0.717, 1.165) is 12.2 Å². The van der Waals surface area contributed by atoms with Crippen LogP contribution in [0.5, 0.6) is 0 Å². The van der Waals surface area contributed by atoms with Crippen LogP contribution < -0.4 is 0 Å². The number of amides is 1. The molecule has 128 valence electrons. The van der Waals surface area contributed by atoms with Crippen molar-refractivity contribution >= 4 is 15.7 Å². The second-order valence-corrected chi connectivity index (χ2v) is 9.13. The van der Waals surface area contributed by atoms with E-state index in [1.54, 1.807) is 11.8 Å². The Kier molecular flexibility index (Phi) is 4.22. The van der Waals surface area contributed by atoms with E-state index in [2.05, 4.69) is 28.7 Å². The molecule has 0 saturated carbocycles. The number of aryl methyl sites for hydroxylation is 1. The minimum Gasteiger partial charge on any atom is -0.348 e. The fraction of sp³-hybridized carbons (Fsp3) is 0.733. The van der Waals surface area contributed by atoms with E-state index in [1.807, 2.05) is 0 Å². The molecule has 0 radical (unpaired) electrons. The maximum atomic E-state index is 12.8. The first kappa shape index (κ1) is 16.4. The molecule has 2 aliphatic rings. The summed E-state index contributed by atoms with van der Waals surface area (Å²) in [6.45, 7) is 8.18. The van der Waals surface area contributed by atoms with Crippen LogP contribution in [0, 0.1) is 12.8 Å². The lowest BCUT2D eigenvalue weighted by molar-refractivity contribution is 0.0292. The first-order valence-corrected chi connectivity index (χ1v) is 9.86. The highest BCUT2D eigenvalue weighted by Gasteiger charge is 2.48. The fourth-order valence-corrected chi connectivity index (χ4v) is 5.69. The highest BCUT2D eigenvalue weighted by Crippen LogP contribution is 2.28. The molecule has 1 aromatic heterocycles. The Hall–Kier alpha value is -1.41. The Balaban J connectivity index is 1.87. The molecule has 2 saturated heterocycles. The summed E-state index contributed by atoms with van der Waals surface area (Å²) in [5, 5.41) is 0. The van der Waals surface area contributed by atoms with E-state index < -0.39 is 9.84 Å². The highest BCUT2D eigenvalue weighted by molar-refractivity contribution is 7.91. The first-order valence-electron chi connectivity index (χ1n) is 8.04. The zero-order valence-corrected chi connectivity index (χ0v) is 14.6. The van der Waals surface area contributed by atoms with Crippen LogP contribution >= 0.6 is 0 Å². The van der Waals surface area contributed by atoms with Gasteiger partial charge in [0.05, 0.1) is 23.9 Å². The number of hydrogen-bond donors (Lipinski definition) is 1. The van der Waals surface area contributed by atoms with Crippen molar-refractivity contribution in [3.05, 3.63) is 17.7 Å². The van der Waals surface area contributed by atoms with Crippen molar-refractivity contribution in [3.8, 4) is 0 Å². The third kappa shape index (κ3) is 3.14. The molecule has 1 aromatic rings. The van der Waals surface area contributed by atoms with Gasteiger partial charge in [0.15, 0.2) is 9.84 Å². The summed E-state index contributed by atoms with van der Waals surface area (Å²) in [7, 11) is -3.11. The number of carbonyl (C=O) groups excluding carboxylic acids is 1. The molecule has 7 nitrogen and oxygen atoms in total. The highest BCUT2D eigenvalue weighted by atomic mass is 32.2. The van der Waals surface area contributed by atoms with Crippen molar-refractivity contribution in [3.63, 3.8) is 0 Å². The normalized spacial score (nSPS) is 27.4. The van der Waals surface area contributed by atoms with Gasteiger partial charge in [-0.2, -0.15) is 0 Å². The number of imidazole rings is 1. The molecule has 0 unspecified atom stereocenters. The van der Waals surface area contributed by atoms with Crippen LogP contribution in [0.1, 0.15) is 30.0 Å². The molecular formula is C15H24N4O3S. The van der Waals surface area contributed by atoms with Gasteiger partial charge < -0.3 is 9.88 Å². The number of carbonyl (C=O) groups is 1. The number of nitrogens with one attached hydrogen (secondary N) is 1. The molecule has 0 spiro atoms. The molecule has 1 amide bonds. The second kappa shape index (κ2) is 5.90. The number of piperazine rings is 1. The van der Waals surface area contributed by atoms with Crippen molar-refractivity contribution in [1.82, 2.24) is 19.8 Å². The van der Waals surface area contributed by atoms with Crippen molar-refractivity contribution < 1.29 is 13.2 Å². The summed E-state index contributed by atoms with van der Waals surface area (Å²) in [5.41, 5.74) is 1.11. The van der Waals surface area contributed by atoms with Crippen LogP contribution in [0.25, 0.3) is 0 Å². The Labute approximate surface area is 137 Å². The SMILES string of the molecule is Cc1[nH]cnc1C(=O)N1CCN(CC(C)C)[C@@H]2CS(=O)(=O)C[C@@H]21. The van der Waals surface area contributed by atoms with Crippen molar-refractivity contribution in [2.45, 2.75) is 32.9 Å². The summed E-state index contributed by atoms with van der Waals surface area (Å²) in [6.07, 6.45) is 1.50. The van der Waals surface area contributed by atoms with Crippen LogP contribution in [0.4, 0.5) is 0 Å². The smallest absolute Gasteiger partial charge is 0.274 e. The van der Waals surface area contributed by atoms with E-state index in [4.69, 9.17) is 0 Å². The topological polar surface area (TPSA) is 86.4 Å². The lowest BCUT2D eigenvalue weighted by Gasteiger charge is -2.44. The van der Waals surface area contributed by atoms with Gasteiger partial charge in [0.1, 0.15) is 5.69 Å². The molecular weight excluding hydrogens is 316 g/mol. The minimum absolute atomic E-state index is 0.0570. The molecule has 23 heavy (non-hydrogen) atoms. The first-order chi connectivity index (χ1) is 10.8. The number of aromatic amines is 1. The summed E-state index contributed by atoms with van der Waals surface area (Å²) >= 11 is 0. The zero-order valence-electron chi connectivity index (χ0n) is 13.8. The van der Waals surface area contributed by atoms with Gasteiger partial charge >= 0.3 is 0 Å². The van der Waals surface area contributed by atoms with Crippen molar-refractivity contribution in [2.24, 2.45) is 5.92 Å². The van der Waals surface area contributed by atoms with Crippen LogP contribution in [-0.2, 0) is 9.84 Å². The molecule has 2 fully saturated rings. The second-order valence-electron chi connectivity index (χ2n) is 6.98. The van der Waals surface area contributed by atoms with Gasteiger partial charge in [0.2, 0.25) is 0 Å². The minimum atomic E-state index is -3.11. The molecule has 3 rings (SSSR count). The molecule has 3 heterocycles. The molecule has 1 N–H and O–H groups in total. The Morgan fingerprint density at radius 1 is 1.35 bits per heavy atom. The molecule has 0 aromatic carbocycles. The predicted octanol–water partition coefficient (Wildman–Crippen LogP) is 0.298.